The normalized spacial score (nSPS) is 10.8. The zero-order valence-electron chi connectivity index (χ0n) is 8.28. The van der Waals surface area contributed by atoms with Gasteiger partial charge in [0.1, 0.15) is 0 Å². The van der Waals surface area contributed by atoms with Crippen molar-refractivity contribution in [3.05, 3.63) is 47.6 Å². The van der Waals surface area contributed by atoms with Gasteiger partial charge in [-0.05, 0) is 6.07 Å². The monoisotopic (exact) mass is 221 g/mol. The lowest BCUT2D eigenvalue weighted by Gasteiger charge is -2.02. The van der Waals surface area contributed by atoms with Crippen LogP contribution in [0.2, 0.25) is 0 Å². The number of para-hydroxylation sites is 1. The van der Waals surface area contributed by atoms with E-state index >= 15 is 0 Å². The van der Waals surface area contributed by atoms with E-state index in [0.717, 1.165) is 16.5 Å². The van der Waals surface area contributed by atoms with E-state index in [2.05, 4.69) is 6.58 Å². The van der Waals surface area contributed by atoms with Gasteiger partial charge in [0.05, 0.1) is 13.2 Å². The molecule has 0 atom stereocenters. The molecular weight excluding hydrogens is 210 g/mol. The first-order valence-corrected chi connectivity index (χ1v) is 5.11. The summed E-state index contributed by atoms with van der Waals surface area (Å²) in [6, 6.07) is 7.93. The zero-order chi connectivity index (χ0) is 10.8. The van der Waals surface area contributed by atoms with Crippen molar-refractivity contribution in [3.63, 3.8) is 0 Å². The van der Waals surface area contributed by atoms with Crippen molar-refractivity contribution in [2.24, 2.45) is 0 Å². The summed E-state index contributed by atoms with van der Waals surface area (Å²) in [7, 11) is 0. The summed E-state index contributed by atoms with van der Waals surface area (Å²) in [5, 5.41) is 10.9. The third-order valence-electron chi connectivity index (χ3n) is 2.38. The number of allylic oxidation sites excluding steroid dienone is 1. The molecule has 0 aliphatic heterocycles. The molecular formula is C12H12ClNO. The highest BCUT2D eigenvalue weighted by molar-refractivity contribution is 6.29. The van der Waals surface area contributed by atoms with E-state index in [1.807, 2.05) is 35.0 Å². The fraction of sp³-hybridized carbons (Fsp3) is 0.167. The summed E-state index contributed by atoms with van der Waals surface area (Å²) in [5.41, 5.74) is 1.99. The molecule has 0 fully saturated rings. The Morgan fingerprint density at radius 1 is 1.40 bits per heavy atom. The number of nitrogens with zero attached hydrogens (tertiary/aromatic N) is 1. The Bertz CT molecular complexity index is 501. The van der Waals surface area contributed by atoms with Crippen LogP contribution in [0.3, 0.4) is 0 Å². The molecule has 2 rings (SSSR count). The van der Waals surface area contributed by atoms with Gasteiger partial charge in [0.2, 0.25) is 0 Å². The zero-order valence-corrected chi connectivity index (χ0v) is 9.04. The van der Waals surface area contributed by atoms with Crippen LogP contribution in [0.25, 0.3) is 10.9 Å². The molecule has 3 heteroatoms. The number of hydrogen-bond acceptors (Lipinski definition) is 1. The van der Waals surface area contributed by atoms with E-state index in [0.29, 0.717) is 11.6 Å². The van der Waals surface area contributed by atoms with Gasteiger partial charge in [-0.1, -0.05) is 36.4 Å². The molecule has 1 aromatic heterocycles. The quantitative estimate of drug-likeness (QED) is 0.847. The van der Waals surface area contributed by atoms with Gasteiger partial charge in [-0.2, -0.15) is 0 Å². The van der Waals surface area contributed by atoms with Crippen LogP contribution in [0.4, 0.5) is 0 Å². The smallest absolute Gasteiger partial charge is 0.0702 e. The minimum atomic E-state index is 0.0439. The summed E-state index contributed by atoms with van der Waals surface area (Å²) >= 11 is 5.79. The number of fused-ring (bicyclic) bond motifs is 1. The van der Waals surface area contributed by atoms with Crippen molar-refractivity contribution in [3.8, 4) is 0 Å². The maximum Gasteiger partial charge on any atom is 0.0702 e. The molecule has 15 heavy (non-hydrogen) atoms. The van der Waals surface area contributed by atoms with Crippen molar-refractivity contribution in [1.82, 2.24) is 4.57 Å². The van der Waals surface area contributed by atoms with Gasteiger partial charge in [-0.3, -0.25) is 0 Å². The Morgan fingerprint density at radius 3 is 2.80 bits per heavy atom. The molecule has 0 amide bonds. The minimum Gasteiger partial charge on any atom is -0.392 e. The summed E-state index contributed by atoms with van der Waals surface area (Å²) in [5.74, 6) is 0. The third kappa shape index (κ3) is 1.91. The highest BCUT2D eigenvalue weighted by Crippen LogP contribution is 2.22. The Morgan fingerprint density at radius 2 is 2.13 bits per heavy atom. The molecule has 1 heterocycles. The van der Waals surface area contributed by atoms with Crippen LogP contribution in [-0.2, 0) is 13.2 Å². The lowest BCUT2D eigenvalue weighted by atomic mass is 10.2. The van der Waals surface area contributed by atoms with E-state index in [1.165, 1.54) is 0 Å². The van der Waals surface area contributed by atoms with Crippen LogP contribution < -0.4 is 0 Å². The molecule has 0 aliphatic carbocycles. The molecule has 0 saturated heterocycles. The van der Waals surface area contributed by atoms with Gasteiger partial charge in [-0.15, -0.1) is 0 Å². The second-order valence-electron chi connectivity index (χ2n) is 3.47. The Hall–Kier alpha value is -1.25. The molecule has 1 aromatic carbocycles. The Balaban J connectivity index is 2.59. The topological polar surface area (TPSA) is 25.2 Å². The molecule has 1 N–H and O–H groups in total. The minimum absolute atomic E-state index is 0.0439. The van der Waals surface area contributed by atoms with Gasteiger partial charge in [0.15, 0.2) is 0 Å². The van der Waals surface area contributed by atoms with Crippen molar-refractivity contribution < 1.29 is 5.11 Å². The molecule has 2 aromatic rings. The van der Waals surface area contributed by atoms with E-state index in [-0.39, 0.29) is 6.61 Å². The molecule has 0 spiro atoms. The van der Waals surface area contributed by atoms with Gasteiger partial charge in [-0.25, -0.2) is 0 Å². The summed E-state index contributed by atoms with van der Waals surface area (Å²) in [6.45, 7) is 4.29. The number of benzene rings is 1. The van der Waals surface area contributed by atoms with Crippen molar-refractivity contribution in [1.29, 1.82) is 0 Å². The van der Waals surface area contributed by atoms with Gasteiger partial charge >= 0.3 is 0 Å². The molecule has 2 nitrogen and oxygen atoms in total. The SMILES string of the molecule is C=C(Cl)Cn1cc(CO)c2ccccc21. The van der Waals surface area contributed by atoms with Crippen molar-refractivity contribution in [2.45, 2.75) is 13.2 Å². The second kappa shape index (κ2) is 4.09. The van der Waals surface area contributed by atoms with Crippen LogP contribution in [0.5, 0.6) is 0 Å². The second-order valence-corrected chi connectivity index (χ2v) is 4.01. The third-order valence-corrected chi connectivity index (χ3v) is 2.50. The van der Waals surface area contributed by atoms with Crippen LogP contribution in [-0.4, -0.2) is 9.67 Å². The van der Waals surface area contributed by atoms with Gasteiger partial charge < -0.3 is 9.67 Å². The summed E-state index contributed by atoms with van der Waals surface area (Å²) < 4.78 is 2.00. The summed E-state index contributed by atoms with van der Waals surface area (Å²) in [6.07, 6.45) is 1.91. The molecule has 0 unspecified atom stereocenters. The predicted molar refractivity (Wildman–Crippen MR) is 62.9 cm³/mol. The maximum atomic E-state index is 9.21. The van der Waals surface area contributed by atoms with E-state index in [1.54, 1.807) is 0 Å². The number of hydrogen-bond donors (Lipinski definition) is 1. The van der Waals surface area contributed by atoms with Gasteiger partial charge in [0, 0.05) is 27.7 Å². The van der Waals surface area contributed by atoms with Crippen LogP contribution in [0.1, 0.15) is 5.56 Å². The molecule has 0 aliphatic rings. The number of halogens is 1. The van der Waals surface area contributed by atoms with Crippen molar-refractivity contribution >= 4 is 22.5 Å². The Labute approximate surface area is 93.4 Å². The van der Waals surface area contributed by atoms with Crippen LogP contribution in [0.15, 0.2) is 42.1 Å². The fourth-order valence-corrected chi connectivity index (χ4v) is 1.89. The number of aliphatic hydroxyl groups excluding tert-OH is 1. The Kier molecular flexibility index (Phi) is 2.80. The van der Waals surface area contributed by atoms with Crippen molar-refractivity contribution in [2.75, 3.05) is 0 Å². The molecule has 0 saturated carbocycles. The average molecular weight is 222 g/mol. The lowest BCUT2D eigenvalue weighted by Crippen LogP contribution is -1.94. The fourth-order valence-electron chi connectivity index (χ4n) is 1.76. The first kappa shape index (κ1) is 10.3. The van der Waals surface area contributed by atoms with E-state index in [4.69, 9.17) is 11.6 Å². The number of aliphatic hydroxyl groups is 1. The molecule has 0 bridgehead atoms. The lowest BCUT2D eigenvalue weighted by molar-refractivity contribution is 0.283. The van der Waals surface area contributed by atoms with E-state index in [9.17, 15) is 5.11 Å². The largest absolute Gasteiger partial charge is 0.392 e. The highest BCUT2D eigenvalue weighted by atomic mass is 35.5. The standard InChI is InChI=1S/C12H12ClNO/c1-9(13)6-14-7-10(8-15)11-4-2-3-5-12(11)14/h2-5,7,15H,1,6,8H2. The molecule has 78 valence electrons. The number of aromatic nitrogens is 1. The first-order valence-electron chi connectivity index (χ1n) is 4.73. The predicted octanol–water partition coefficient (Wildman–Crippen LogP) is 2.89. The average Bonchev–Trinajstić information content (AvgIpc) is 2.56. The summed E-state index contributed by atoms with van der Waals surface area (Å²) in [4.78, 5) is 0. The van der Waals surface area contributed by atoms with Gasteiger partial charge in [0.25, 0.3) is 0 Å². The molecule has 0 radical (unpaired) electrons. The first-order chi connectivity index (χ1) is 7.22. The maximum absolute atomic E-state index is 9.21. The highest BCUT2D eigenvalue weighted by Gasteiger charge is 2.06. The van der Waals surface area contributed by atoms with E-state index < -0.39 is 0 Å². The van der Waals surface area contributed by atoms with Crippen LogP contribution >= 0.6 is 11.6 Å². The number of rotatable bonds is 3. The van der Waals surface area contributed by atoms with Crippen LogP contribution in [0, 0.1) is 0 Å².